The van der Waals surface area contributed by atoms with Gasteiger partial charge in [-0.1, -0.05) is 55.4 Å². The highest BCUT2D eigenvalue weighted by Crippen LogP contribution is 2.58. The number of benzene rings is 1. The van der Waals surface area contributed by atoms with E-state index in [4.69, 9.17) is 0 Å². The van der Waals surface area contributed by atoms with Crippen molar-refractivity contribution in [3.05, 3.63) is 62.6 Å². The summed E-state index contributed by atoms with van der Waals surface area (Å²) >= 11 is 0. The second-order valence-corrected chi connectivity index (χ2v) is 16.2. The van der Waals surface area contributed by atoms with Crippen LogP contribution in [0.2, 0.25) is 0 Å². The molecule has 1 unspecified atom stereocenters. The summed E-state index contributed by atoms with van der Waals surface area (Å²) < 4.78 is 0. The number of aliphatic hydroxyl groups is 2. The third-order valence-electron chi connectivity index (χ3n) is 11.7. The number of aromatic hydroxyl groups is 1. The molecule has 0 saturated carbocycles. The maximum atomic E-state index is 14.1. The molecule has 6 heteroatoms. The summed E-state index contributed by atoms with van der Waals surface area (Å²) in [5.41, 5.74) is 6.86. The van der Waals surface area contributed by atoms with Crippen LogP contribution in [0.5, 0.6) is 5.75 Å². The smallest absolute Gasteiger partial charge is 0.201 e. The Kier molecular flexibility index (Phi) is 5.52. The minimum absolute atomic E-state index is 0.102. The molecule has 1 aromatic carbocycles. The SMILES string of the molecule is CC1(C)CCN2CCC(C)(C)C3=C2C1=CC(=C1C(=O)C(c2cc4c5c(c2O)C(C)(C)CCN5CCC4(C)C)=C1O)C3O. The summed E-state index contributed by atoms with van der Waals surface area (Å²) in [7, 11) is 0. The number of allylic oxidation sites excluding steroid dienone is 3. The van der Waals surface area contributed by atoms with Crippen LogP contribution in [0, 0.1) is 10.8 Å². The number of hydrogen-bond donors (Lipinski definition) is 3. The molecule has 0 aromatic heterocycles. The molecule has 1 atom stereocenters. The Bertz CT molecular complexity index is 1590. The summed E-state index contributed by atoms with van der Waals surface area (Å²) in [5.74, 6) is -0.316. The van der Waals surface area contributed by atoms with Crippen molar-refractivity contribution >= 4 is 17.0 Å². The maximum absolute atomic E-state index is 14.1. The molecule has 4 aliphatic heterocycles. The Labute approximate surface area is 250 Å². The molecule has 2 aliphatic carbocycles. The Morgan fingerprint density at radius 1 is 0.762 bits per heavy atom. The first kappa shape index (κ1) is 27.8. The Morgan fingerprint density at radius 2 is 1.33 bits per heavy atom. The molecule has 42 heavy (non-hydrogen) atoms. The van der Waals surface area contributed by atoms with Gasteiger partial charge < -0.3 is 25.1 Å². The number of phenols is 1. The minimum Gasteiger partial charge on any atom is -0.507 e. The van der Waals surface area contributed by atoms with E-state index in [2.05, 4.69) is 65.2 Å². The number of piperidine rings is 1. The van der Waals surface area contributed by atoms with Gasteiger partial charge in [0, 0.05) is 54.3 Å². The number of Topliss-reactive ketones (excluding diaryl/α,β-unsaturated/α-hetero) is 1. The second kappa shape index (κ2) is 8.34. The molecule has 1 fully saturated rings. The number of carbonyl (C=O) groups is 1. The molecule has 7 rings (SSSR count). The molecule has 0 bridgehead atoms. The van der Waals surface area contributed by atoms with E-state index < -0.39 is 6.10 Å². The predicted octanol–water partition coefficient (Wildman–Crippen LogP) is 6.43. The average molecular weight is 571 g/mol. The molecule has 0 spiro atoms. The van der Waals surface area contributed by atoms with Gasteiger partial charge in [0.25, 0.3) is 0 Å². The van der Waals surface area contributed by atoms with Gasteiger partial charge in [-0.2, -0.15) is 0 Å². The number of ketones is 1. The van der Waals surface area contributed by atoms with Gasteiger partial charge >= 0.3 is 0 Å². The first-order valence-electron chi connectivity index (χ1n) is 15.8. The van der Waals surface area contributed by atoms with E-state index in [1.54, 1.807) is 0 Å². The van der Waals surface area contributed by atoms with Crippen molar-refractivity contribution in [1.29, 1.82) is 0 Å². The molecule has 224 valence electrons. The third kappa shape index (κ3) is 3.51. The fraction of sp³-hybridized carbons (Fsp3) is 0.583. The standard InChI is InChI=1S/C36H46N2O4/c1-33(2)9-13-37-15-11-35(5,6)25-27(37)21(33)17-19(29(25)39)23-31(41)24(32(23)42)20-18-22-28-26(30(20)40)36(7,8)12-16-38(28)14-10-34(22,3)4/h17-18,29,39-41H,9-16H2,1-8H3. The monoisotopic (exact) mass is 570 g/mol. The van der Waals surface area contributed by atoms with Gasteiger partial charge in [0.05, 0.1) is 11.1 Å². The highest BCUT2D eigenvalue weighted by molar-refractivity contribution is 6.40. The molecular weight excluding hydrogens is 524 g/mol. The van der Waals surface area contributed by atoms with E-state index in [0.717, 1.165) is 85.5 Å². The van der Waals surface area contributed by atoms with Crippen LogP contribution in [0.25, 0.3) is 5.57 Å². The normalized spacial score (nSPS) is 30.1. The number of hydrogen-bond acceptors (Lipinski definition) is 6. The molecule has 0 amide bonds. The number of rotatable bonds is 1. The van der Waals surface area contributed by atoms with Crippen LogP contribution in [0.4, 0.5) is 5.69 Å². The molecule has 4 heterocycles. The molecular formula is C36H46N2O4. The van der Waals surface area contributed by atoms with Gasteiger partial charge in [0.1, 0.15) is 17.6 Å². The van der Waals surface area contributed by atoms with Crippen molar-refractivity contribution in [2.45, 2.75) is 98.0 Å². The lowest BCUT2D eigenvalue weighted by Crippen LogP contribution is -2.49. The van der Waals surface area contributed by atoms with E-state index in [0.29, 0.717) is 11.1 Å². The molecule has 1 saturated heterocycles. The zero-order valence-corrected chi connectivity index (χ0v) is 26.5. The van der Waals surface area contributed by atoms with Crippen LogP contribution in [0.3, 0.4) is 0 Å². The minimum atomic E-state index is -0.970. The summed E-state index contributed by atoms with van der Waals surface area (Å²) in [4.78, 5) is 18.9. The Morgan fingerprint density at radius 3 is 1.98 bits per heavy atom. The van der Waals surface area contributed by atoms with Crippen molar-refractivity contribution in [2.75, 3.05) is 31.1 Å². The Hall–Kier alpha value is -2.99. The van der Waals surface area contributed by atoms with Crippen molar-refractivity contribution < 1.29 is 20.1 Å². The van der Waals surface area contributed by atoms with E-state index in [1.165, 1.54) is 0 Å². The van der Waals surface area contributed by atoms with Crippen molar-refractivity contribution in [2.24, 2.45) is 10.8 Å². The zero-order valence-electron chi connectivity index (χ0n) is 26.5. The molecule has 6 aliphatic rings. The largest absolute Gasteiger partial charge is 0.507 e. The van der Waals surface area contributed by atoms with Crippen LogP contribution >= 0.6 is 0 Å². The zero-order chi connectivity index (χ0) is 30.3. The van der Waals surface area contributed by atoms with Crippen LogP contribution in [-0.2, 0) is 15.6 Å². The lowest BCUT2D eigenvalue weighted by molar-refractivity contribution is -0.111. The first-order valence-corrected chi connectivity index (χ1v) is 15.8. The topological polar surface area (TPSA) is 84.2 Å². The summed E-state index contributed by atoms with van der Waals surface area (Å²) in [6.45, 7) is 21.4. The molecule has 1 aromatic rings. The summed E-state index contributed by atoms with van der Waals surface area (Å²) in [6, 6.07) is 1.95. The van der Waals surface area contributed by atoms with Gasteiger partial charge in [-0.05, 0) is 76.2 Å². The number of anilines is 1. The van der Waals surface area contributed by atoms with Crippen LogP contribution in [0.1, 0.15) is 97.8 Å². The van der Waals surface area contributed by atoms with Crippen LogP contribution in [0.15, 0.2) is 45.9 Å². The van der Waals surface area contributed by atoms with Gasteiger partial charge in [-0.15, -0.1) is 0 Å². The number of carbonyl (C=O) groups excluding carboxylic acids is 1. The highest BCUT2D eigenvalue weighted by atomic mass is 16.3. The van der Waals surface area contributed by atoms with Crippen LogP contribution < -0.4 is 4.90 Å². The van der Waals surface area contributed by atoms with E-state index in [-0.39, 0.29) is 50.1 Å². The maximum Gasteiger partial charge on any atom is 0.201 e. The molecule has 6 nitrogen and oxygen atoms in total. The average Bonchev–Trinajstić information content (AvgIpc) is 2.88. The van der Waals surface area contributed by atoms with E-state index in [1.807, 2.05) is 12.1 Å². The second-order valence-electron chi connectivity index (χ2n) is 16.2. The first-order chi connectivity index (χ1) is 19.5. The highest BCUT2D eigenvalue weighted by Gasteiger charge is 2.50. The van der Waals surface area contributed by atoms with Gasteiger partial charge in [-0.25, -0.2) is 0 Å². The predicted molar refractivity (Wildman–Crippen MR) is 167 cm³/mol. The number of aliphatic hydroxyl groups excluding tert-OH is 2. The Balaban J connectivity index is 1.44. The van der Waals surface area contributed by atoms with Crippen molar-refractivity contribution in [3.8, 4) is 5.75 Å². The fourth-order valence-corrected chi connectivity index (χ4v) is 8.61. The van der Waals surface area contributed by atoms with Crippen molar-refractivity contribution in [1.82, 2.24) is 4.90 Å². The number of nitrogens with zero attached hydrogens (tertiary/aromatic N) is 2. The summed E-state index contributed by atoms with van der Waals surface area (Å²) in [5, 5.41) is 35.4. The molecule has 3 N–H and O–H groups in total. The molecule has 0 radical (unpaired) electrons. The number of phenolic OH excluding ortho intramolecular Hbond substituents is 1. The lowest BCUT2D eigenvalue weighted by Gasteiger charge is -2.53. The van der Waals surface area contributed by atoms with Gasteiger partial charge in [0.15, 0.2) is 0 Å². The summed E-state index contributed by atoms with van der Waals surface area (Å²) in [6.07, 6.45) is 4.82. The lowest BCUT2D eigenvalue weighted by atomic mass is 9.62. The van der Waals surface area contributed by atoms with Crippen molar-refractivity contribution in [3.63, 3.8) is 0 Å². The van der Waals surface area contributed by atoms with E-state index in [9.17, 15) is 20.1 Å². The quantitative estimate of drug-likeness (QED) is 0.338. The van der Waals surface area contributed by atoms with Gasteiger partial charge in [-0.3, -0.25) is 4.79 Å². The fourth-order valence-electron chi connectivity index (χ4n) is 8.61. The van der Waals surface area contributed by atoms with E-state index >= 15 is 0 Å². The van der Waals surface area contributed by atoms with Gasteiger partial charge in [0.2, 0.25) is 5.78 Å². The van der Waals surface area contributed by atoms with Crippen LogP contribution in [-0.4, -0.2) is 58.3 Å². The third-order valence-corrected chi connectivity index (χ3v) is 11.7.